The van der Waals surface area contributed by atoms with Gasteiger partial charge >= 0.3 is 0 Å². The van der Waals surface area contributed by atoms with Gasteiger partial charge in [0.2, 0.25) is 0 Å². The van der Waals surface area contributed by atoms with Gasteiger partial charge in [0, 0.05) is 15.4 Å². The van der Waals surface area contributed by atoms with E-state index in [1.165, 1.54) is 0 Å². The van der Waals surface area contributed by atoms with Crippen molar-refractivity contribution in [3.05, 3.63) is 34.1 Å². The molecule has 0 bridgehead atoms. The first-order valence-electron chi connectivity index (χ1n) is 4.11. The zero-order valence-corrected chi connectivity index (χ0v) is 13.5. The van der Waals surface area contributed by atoms with E-state index in [0.717, 1.165) is 0 Å². The summed E-state index contributed by atoms with van der Waals surface area (Å²) in [7, 11) is 0. The molecule has 0 saturated carbocycles. The van der Waals surface area contributed by atoms with E-state index in [0.29, 0.717) is 0 Å². The van der Waals surface area contributed by atoms with Crippen LogP contribution in [0.4, 0.5) is 0 Å². The lowest BCUT2D eigenvalue weighted by Gasteiger charge is -2.31. The van der Waals surface area contributed by atoms with Gasteiger partial charge in [0.05, 0.1) is 0 Å². The van der Waals surface area contributed by atoms with Crippen molar-refractivity contribution in [3.63, 3.8) is 0 Å². The minimum absolute atomic E-state index is 0.0518. The number of thiol groups is 2. The van der Waals surface area contributed by atoms with Gasteiger partial charge in [-0.2, -0.15) is 10.5 Å². The molecular weight excluding hydrogens is 354 g/mol. The molecule has 0 radical (unpaired) electrons. The fourth-order valence-corrected chi connectivity index (χ4v) is 2.30. The van der Waals surface area contributed by atoms with E-state index in [1.807, 2.05) is 0 Å². The molecule has 0 saturated heterocycles. The highest BCUT2D eigenvalue weighted by atomic mass is 35.5. The summed E-state index contributed by atoms with van der Waals surface area (Å²) in [6.07, 6.45) is 0. The predicted molar refractivity (Wildman–Crippen MR) is 83.4 cm³/mol. The van der Waals surface area contributed by atoms with Gasteiger partial charge in [0.1, 0.15) is 17.7 Å². The van der Waals surface area contributed by atoms with Crippen molar-refractivity contribution in [3.8, 4) is 12.1 Å². The van der Waals surface area contributed by atoms with Crippen LogP contribution in [0.5, 0.6) is 0 Å². The summed E-state index contributed by atoms with van der Waals surface area (Å²) in [5.41, 5.74) is -0.762. The fourth-order valence-electron chi connectivity index (χ4n) is 0.937. The normalized spacial score (nSPS) is 11.1. The summed E-state index contributed by atoms with van der Waals surface area (Å²) in [5.74, 6) is 0. The van der Waals surface area contributed by atoms with E-state index < -0.39 is 14.2 Å². The van der Waals surface area contributed by atoms with Crippen molar-refractivity contribution < 1.29 is 0 Å². The van der Waals surface area contributed by atoms with Crippen LogP contribution in [0.2, 0.25) is 0 Å². The zero-order valence-electron chi connectivity index (χ0n) is 8.71. The molecule has 0 rings (SSSR count). The third kappa shape index (κ3) is 3.54. The Morgan fingerprint density at radius 2 is 1.17 bits per heavy atom. The van der Waals surface area contributed by atoms with Crippen LogP contribution < -0.4 is 0 Å². The van der Waals surface area contributed by atoms with Gasteiger partial charge in [-0.15, -0.1) is 25.3 Å². The third-order valence-electron chi connectivity index (χ3n) is 1.83. The molecule has 0 N–H and O–H groups in total. The van der Waals surface area contributed by atoms with Gasteiger partial charge in [0.25, 0.3) is 0 Å². The van der Waals surface area contributed by atoms with Gasteiger partial charge in [-0.25, -0.2) is 0 Å². The Bertz CT molecular complexity index is 465. The molecule has 8 heteroatoms. The van der Waals surface area contributed by atoms with E-state index in [9.17, 15) is 0 Å². The number of hydrogen-bond acceptors (Lipinski definition) is 4. The monoisotopic (exact) mass is 358 g/mol. The Morgan fingerprint density at radius 1 is 0.889 bits per heavy atom. The number of nitriles is 2. The molecule has 18 heavy (non-hydrogen) atoms. The van der Waals surface area contributed by atoms with E-state index in [1.54, 1.807) is 12.1 Å². The smallest absolute Gasteiger partial charge is 0.174 e. The van der Waals surface area contributed by atoms with Crippen molar-refractivity contribution in [1.82, 2.24) is 0 Å². The molecule has 0 aromatic carbocycles. The standard InChI is InChI=1S/C10H6Cl4N2S2/c1-5(17)9(11,12)8(7(3-15)4-16)10(13,14)6(2)18/h17-18H,1-2H2. The van der Waals surface area contributed by atoms with Crippen molar-refractivity contribution in [1.29, 1.82) is 10.5 Å². The van der Waals surface area contributed by atoms with Crippen LogP contribution in [0, 0.1) is 22.7 Å². The summed E-state index contributed by atoms with van der Waals surface area (Å²) in [4.78, 5) is -0.104. The Balaban J connectivity index is 6.40. The Labute approximate surface area is 136 Å². The second kappa shape index (κ2) is 6.48. The molecule has 0 atom stereocenters. The second-order valence-corrected chi connectivity index (χ2v) is 6.75. The number of nitrogens with zero attached hydrogens (tertiary/aromatic N) is 2. The van der Waals surface area contributed by atoms with E-state index >= 15 is 0 Å². The topological polar surface area (TPSA) is 47.6 Å². The number of halogens is 4. The van der Waals surface area contributed by atoms with Gasteiger partial charge in [0.15, 0.2) is 8.67 Å². The van der Waals surface area contributed by atoms with Crippen molar-refractivity contribution in [2.45, 2.75) is 8.67 Å². The van der Waals surface area contributed by atoms with Gasteiger partial charge in [-0.3, -0.25) is 0 Å². The molecule has 0 fully saturated rings. The summed E-state index contributed by atoms with van der Waals surface area (Å²) in [6, 6.07) is 3.21. The quantitative estimate of drug-likeness (QED) is 0.439. The van der Waals surface area contributed by atoms with Crippen LogP contribution in [0.25, 0.3) is 0 Å². The Morgan fingerprint density at radius 3 is 1.33 bits per heavy atom. The summed E-state index contributed by atoms with van der Waals surface area (Å²) >= 11 is 31.8. The SMILES string of the molecule is C=C(S)C(Cl)(Cl)C(=C(C#N)C#N)C(Cl)(Cl)C(=C)S. The number of allylic oxidation sites excluding steroid dienone is 4. The molecule has 0 aliphatic heterocycles. The van der Waals surface area contributed by atoms with Crippen LogP contribution in [0.1, 0.15) is 0 Å². The highest BCUT2D eigenvalue weighted by molar-refractivity contribution is 7.85. The Hall–Kier alpha value is 0.0600. The largest absolute Gasteiger partial charge is 0.192 e. The molecule has 2 nitrogen and oxygen atoms in total. The fraction of sp³-hybridized carbons (Fsp3) is 0.200. The molecule has 0 aromatic heterocycles. The molecule has 0 spiro atoms. The molecular formula is C10H6Cl4N2S2. The third-order valence-corrected chi connectivity index (χ3v) is 4.69. The van der Waals surface area contributed by atoms with Crippen LogP contribution in [-0.4, -0.2) is 8.67 Å². The van der Waals surface area contributed by atoms with Crippen molar-refractivity contribution >= 4 is 71.7 Å². The Kier molecular flexibility index (Phi) is 6.50. The van der Waals surface area contributed by atoms with E-state index in [-0.39, 0.29) is 15.4 Å². The maximum absolute atomic E-state index is 8.91. The molecule has 0 amide bonds. The van der Waals surface area contributed by atoms with Crippen LogP contribution >= 0.6 is 71.7 Å². The number of rotatable bonds is 4. The molecule has 0 aliphatic carbocycles. The summed E-state index contributed by atoms with van der Waals surface area (Å²) < 4.78 is -3.84. The molecule has 0 aliphatic rings. The van der Waals surface area contributed by atoms with Gasteiger partial charge in [-0.1, -0.05) is 59.6 Å². The van der Waals surface area contributed by atoms with Crippen LogP contribution in [-0.2, 0) is 0 Å². The van der Waals surface area contributed by atoms with Crippen molar-refractivity contribution in [2.24, 2.45) is 0 Å². The average molecular weight is 360 g/mol. The first-order valence-corrected chi connectivity index (χ1v) is 6.51. The van der Waals surface area contributed by atoms with Crippen molar-refractivity contribution in [2.75, 3.05) is 0 Å². The van der Waals surface area contributed by atoms with Gasteiger partial charge in [-0.05, 0) is 0 Å². The lowest BCUT2D eigenvalue weighted by atomic mass is 10.0. The minimum atomic E-state index is -1.92. The maximum atomic E-state index is 8.91. The molecule has 96 valence electrons. The molecule has 0 aromatic rings. The van der Waals surface area contributed by atoms with E-state index in [4.69, 9.17) is 56.9 Å². The minimum Gasteiger partial charge on any atom is -0.192 e. The predicted octanol–water partition coefficient (Wildman–Crippen LogP) is 4.56. The first-order chi connectivity index (χ1) is 8.03. The van der Waals surface area contributed by atoms with Crippen LogP contribution in [0.15, 0.2) is 34.1 Å². The maximum Gasteiger partial charge on any atom is 0.174 e. The lowest BCUT2D eigenvalue weighted by molar-refractivity contribution is 0.976. The summed E-state index contributed by atoms with van der Waals surface area (Å²) in [5, 5.41) is 17.8. The molecule has 0 unspecified atom stereocenters. The highest BCUT2D eigenvalue weighted by Crippen LogP contribution is 2.52. The first kappa shape index (κ1) is 18.1. The summed E-state index contributed by atoms with van der Waals surface area (Å²) in [6.45, 7) is 6.89. The number of alkyl halides is 4. The highest BCUT2D eigenvalue weighted by Gasteiger charge is 2.47. The lowest BCUT2D eigenvalue weighted by Crippen LogP contribution is -2.32. The number of hydrogen-bond donors (Lipinski definition) is 2. The molecule has 0 heterocycles. The van der Waals surface area contributed by atoms with Crippen LogP contribution in [0.3, 0.4) is 0 Å². The van der Waals surface area contributed by atoms with E-state index in [2.05, 4.69) is 38.4 Å². The van der Waals surface area contributed by atoms with Gasteiger partial charge < -0.3 is 0 Å². The average Bonchev–Trinajstić information content (AvgIpc) is 2.24. The zero-order chi connectivity index (χ0) is 14.7. The second-order valence-electron chi connectivity index (χ2n) is 3.02.